The molecule has 2 aromatic carbocycles. The highest BCUT2D eigenvalue weighted by Gasteiger charge is 2.35. The van der Waals surface area contributed by atoms with Crippen LogP contribution in [0.25, 0.3) is 11.3 Å². The lowest BCUT2D eigenvalue weighted by molar-refractivity contribution is 0.0601. The Labute approximate surface area is 222 Å². The van der Waals surface area contributed by atoms with E-state index < -0.39 is 6.09 Å². The molecule has 1 aliphatic heterocycles. The third kappa shape index (κ3) is 5.83. The van der Waals surface area contributed by atoms with Gasteiger partial charge in [-0.15, -0.1) is 0 Å². The Morgan fingerprint density at radius 2 is 1.79 bits per heavy atom. The summed E-state index contributed by atoms with van der Waals surface area (Å²) in [6.45, 7) is 2.50. The van der Waals surface area contributed by atoms with E-state index in [1.54, 1.807) is 6.33 Å². The molecule has 3 atom stereocenters. The fourth-order valence-electron chi connectivity index (χ4n) is 5.67. The summed E-state index contributed by atoms with van der Waals surface area (Å²) in [4.78, 5) is 32.2. The number of amides is 2. The number of carbonyl (C=O) groups is 2. The average molecular weight is 518 g/mol. The molecule has 3 N–H and O–H groups in total. The van der Waals surface area contributed by atoms with Gasteiger partial charge < -0.3 is 29.9 Å². The Kier molecular flexibility index (Phi) is 8.23. The first-order chi connectivity index (χ1) is 18.6. The van der Waals surface area contributed by atoms with Gasteiger partial charge in [0.05, 0.1) is 30.7 Å². The molecular weight excluding hydrogens is 482 g/mol. The van der Waals surface area contributed by atoms with E-state index in [9.17, 15) is 14.7 Å². The van der Waals surface area contributed by atoms with Crippen LogP contribution in [0.2, 0.25) is 0 Å². The number of nitrogens with zero attached hydrogens (tertiary/aromatic N) is 3. The molecule has 2 fully saturated rings. The maximum absolute atomic E-state index is 14.1. The predicted octanol–water partition coefficient (Wildman–Crippen LogP) is 4.18. The first-order valence-corrected chi connectivity index (χ1v) is 13.4. The molecule has 9 heteroatoms. The largest absolute Gasteiger partial charge is 0.494 e. The first-order valence-electron chi connectivity index (χ1n) is 13.4. The number of imidazole rings is 1. The van der Waals surface area contributed by atoms with Gasteiger partial charge in [-0.05, 0) is 25.0 Å². The second-order valence-corrected chi connectivity index (χ2v) is 9.93. The number of para-hydroxylation sites is 1. The van der Waals surface area contributed by atoms with Gasteiger partial charge in [-0.2, -0.15) is 0 Å². The second kappa shape index (κ2) is 12.1. The Balaban J connectivity index is 1.42. The van der Waals surface area contributed by atoms with Crippen LogP contribution in [0.1, 0.15) is 48.6 Å². The van der Waals surface area contributed by atoms with Crippen molar-refractivity contribution in [1.29, 1.82) is 0 Å². The lowest BCUT2D eigenvalue weighted by Gasteiger charge is -2.36. The van der Waals surface area contributed by atoms with Gasteiger partial charge in [-0.25, -0.2) is 9.78 Å². The minimum atomic E-state index is -1.03. The monoisotopic (exact) mass is 517 g/mol. The smallest absolute Gasteiger partial charge is 0.404 e. The highest BCUT2D eigenvalue weighted by atomic mass is 16.5. The van der Waals surface area contributed by atoms with Crippen molar-refractivity contribution in [1.82, 2.24) is 25.1 Å². The highest BCUT2D eigenvalue weighted by molar-refractivity contribution is 5.98. The Hall–Kier alpha value is -3.85. The SMILES string of the molecule is O=C(O)N[C@H]1CCCC[C@@H]1n1cnc(C(=O)N2CCNC[C@H]2CCOc2ccccc2)c1-c1ccccc1. The molecule has 1 saturated heterocycles. The summed E-state index contributed by atoms with van der Waals surface area (Å²) in [5, 5.41) is 15.6. The lowest BCUT2D eigenvalue weighted by atomic mass is 9.89. The molecule has 38 heavy (non-hydrogen) atoms. The molecule has 0 unspecified atom stereocenters. The van der Waals surface area contributed by atoms with Crippen molar-refractivity contribution < 1.29 is 19.4 Å². The van der Waals surface area contributed by atoms with Crippen molar-refractivity contribution in [3.63, 3.8) is 0 Å². The van der Waals surface area contributed by atoms with E-state index in [2.05, 4.69) is 15.6 Å². The zero-order chi connectivity index (χ0) is 26.3. The summed E-state index contributed by atoms with van der Waals surface area (Å²) >= 11 is 0. The van der Waals surface area contributed by atoms with Crippen molar-refractivity contribution in [2.45, 2.75) is 50.2 Å². The molecule has 200 valence electrons. The maximum Gasteiger partial charge on any atom is 0.404 e. The number of rotatable bonds is 8. The molecule has 2 heterocycles. The van der Waals surface area contributed by atoms with Crippen LogP contribution < -0.4 is 15.4 Å². The van der Waals surface area contributed by atoms with Crippen molar-refractivity contribution in [3.8, 4) is 17.0 Å². The predicted molar refractivity (Wildman–Crippen MR) is 144 cm³/mol. The number of carboxylic acid groups (broad SMARTS) is 1. The summed E-state index contributed by atoms with van der Waals surface area (Å²) in [6.07, 6.45) is 4.94. The van der Waals surface area contributed by atoms with Gasteiger partial charge in [0, 0.05) is 37.7 Å². The summed E-state index contributed by atoms with van der Waals surface area (Å²) in [5.41, 5.74) is 2.05. The maximum atomic E-state index is 14.1. The zero-order valence-electron chi connectivity index (χ0n) is 21.5. The molecule has 2 aliphatic rings. The van der Waals surface area contributed by atoms with E-state index in [0.717, 1.165) is 49.2 Å². The normalized spacial score (nSPS) is 21.6. The van der Waals surface area contributed by atoms with Crippen molar-refractivity contribution >= 4 is 12.0 Å². The van der Waals surface area contributed by atoms with Crippen molar-refractivity contribution in [3.05, 3.63) is 72.7 Å². The number of hydrogen-bond acceptors (Lipinski definition) is 5. The van der Waals surface area contributed by atoms with Gasteiger partial charge in [-0.1, -0.05) is 61.4 Å². The molecular formula is C29H35N5O4. The Morgan fingerprint density at radius 3 is 2.55 bits per heavy atom. The van der Waals surface area contributed by atoms with Gasteiger partial charge >= 0.3 is 6.09 Å². The average Bonchev–Trinajstić information content (AvgIpc) is 3.39. The van der Waals surface area contributed by atoms with Crippen LogP contribution in [0, 0.1) is 0 Å². The van der Waals surface area contributed by atoms with Gasteiger partial charge in [0.15, 0.2) is 5.69 Å². The van der Waals surface area contributed by atoms with Gasteiger partial charge in [0.1, 0.15) is 5.75 Å². The van der Waals surface area contributed by atoms with Crippen LogP contribution >= 0.6 is 0 Å². The van der Waals surface area contributed by atoms with Crippen LogP contribution in [0.3, 0.4) is 0 Å². The number of aromatic nitrogens is 2. The second-order valence-electron chi connectivity index (χ2n) is 9.93. The number of ether oxygens (including phenoxy) is 1. The van der Waals surface area contributed by atoms with Gasteiger partial charge in [-0.3, -0.25) is 4.79 Å². The van der Waals surface area contributed by atoms with E-state index in [1.165, 1.54) is 0 Å². The van der Waals surface area contributed by atoms with E-state index in [4.69, 9.17) is 4.74 Å². The van der Waals surface area contributed by atoms with Crippen LogP contribution in [0.4, 0.5) is 4.79 Å². The highest BCUT2D eigenvalue weighted by Crippen LogP contribution is 2.35. The molecule has 1 aliphatic carbocycles. The first kappa shape index (κ1) is 25.8. The molecule has 0 bridgehead atoms. The van der Waals surface area contributed by atoms with Crippen LogP contribution in [0.15, 0.2) is 67.0 Å². The summed E-state index contributed by atoms with van der Waals surface area (Å²) < 4.78 is 7.95. The zero-order valence-corrected chi connectivity index (χ0v) is 21.5. The van der Waals surface area contributed by atoms with E-state index in [0.29, 0.717) is 31.8 Å². The van der Waals surface area contributed by atoms with Crippen molar-refractivity contribution in [2.24, 2.45) is 0 Å². The van der Waals surface area contributed by atoms with Gasteiger partial charge in [0.25, 0.3) is 5.91 Å². The Morgan fingerprint density at radius 1 is 1.05 bits per heavy atom. The quantitative estimate of drug-likeness (QED) is 0.414. The minimum absolute atomic E-state index is 0.0233. The third-order valence-electron chi connectivity index (χ3n) is 7.51. The Bertz CT molecular complexity index is 1220. The lowest BCUT2D eigenvalue weighted by Crippen LogP contribution is -2.54. The molecule has 2 amide bonds. The summed E-state index contributed by atoms with van der Waals surface area (Å²) in [6, 6.07) is 19.1. The van der Waals surface area contributed by atoms with Crippen LogP contribution in [0.5, 0.6) is 5.75 Å². The molecule has 5 rings (SSSR count). The third-order valence-corrected chi connectivity index (χ3v) is 7.51. The fourth-order valence-corrected chi connectivity index (χ4v) is 5.67. The molecule has 3 aromatic rings. The van der Waals surface area contributed by atoms with E-state index in [-0.39, 0.29) is 24.0 Å². The number of carbonyl (C=O) groups excluding carboxylic acids is 1. The number of hydrogen-bond donors (Lipinski definition) is 3. The van der Waals surface area contributed by atoms with Gasteiger partial charge in [0.2, 0.25) is 0 Å². The van der Waals surface area contributed by atoms with Crippen LogP contribution in [-0.2, 0) is 0 Å². The number of nitrogens with one attached hydrogen (secondary N) is 2. The van der Waals surface area contributed by atoms with Crippen LogP contribution in [-0.4, -0.2) is 69.9 Å². The summed E-state index contributed by atoms with van der Waals surface area (Å²) in [7, 11) is 0. The molecule has 0 spiro atoms. The molecule has 1 aromatic heterocycles. The number of benzene rings is 2. The molecule has 9 nitrogen and oxygen atoms in total. The minimum Gasteiger partial charge on any atom is -0.494 e. The number of piperazine rings is 1. The molecule has 0 radical (unpaired) electrons. The summed E-state index contributed by atoms with van der Waals surface area (Å²) in [5.74, 6) is 0.712. The van der Waals surface area contributed by atoms with Crippen molar-refractivity contribution in [2.75, 3.05) is 26.2 Å². The van der Waals surface area contributed by atoms with E-state index >= 15 is 0 Å². The molecule has 1 saturated carbocycles. The fraction of sp³-hybridized carbons (Fsp3) is 0.414. The topological polar surface area (TPSA) is 109 Å². The standard InChI is InChI=1S/C29H35N5O4/c35-28(33-17-16-30-19-22(33)15-18-38-23-11-5-2-6-12-23)26-27(21-9-3-1-4-10-21)34(20-31-26)25-14-8-7-13-24(25)32-29(36)37/h1-6,9-12,20,22,24-25,30,32H,7-8,13-19H2,(H,36,37)/t22-,24+,25+/m1/s1. The van der Waals surface area contributed by atoms with E-state index in [1.807, 2.05) is 70.1 Å².